The van der Waals surface area contributed by atoms with Gasteiger partial charge in [0.05, 0.1) is 5.56 Å². The Morgan fingerprint density at radius 3 is 2.07 bits per heavy atom. The van der Waals surface area contributed by atoms with Gasteiger partial charge in [-0.2, -0.15) is 8.78 Å². The maximum absolute atomic E-state index is 14.3. The second-order valence-corrected chi connectivity index (χ2v) is 8.20. The first-order valence-electron chi connectivity index (χ1n) is 9.43. The zero-order valence-electron chi connectivity index (χ0n) is 15.6. The van der Waals surface area contributed by atoms with Crippen molar-refractivity contribution in [3.05, 3.63) is 64.7 Å². The van der Waals surface area contributed by atoms with E-state index in [9.17, 15) is 17.6 Å². The lowest BCUT2D eigenvalue weighted by molar-refractivity contribution is -0.185. The van der Waals surface area contributed by atoms with Crippen molar-refractivity contribution in [1.29, 1.82) is 0 Å². The minimum atomic E-state index is -3.82. The Hall–Kier alpha value is -1.82. The molecule has 0 amide bonds. The lowest BCUT2D eigenvalue weighted by Gasteiger charge is -2.28. The smallest absolute Gasteiger partial charge is 0.426 e. The van der Waals surface area contributed by atoms with E-state index < -0.39 is 23.3 Å². The van der Waals surface area contributed by atoms with Crippen molar-refractivity contribution >= 4 is 10.2 Å². The molecule has 1 nitrogen and oxygen atoms in total. The summed E-state index contributed by atoms with van der Waals surface area (Å²) in [6.07, 6.45) is 0.903. The van der Waals surface area contributed by atoms with Crippen LogP contribution in [0.2, 0.25) is 6.04 Å². The molecular formula is C21H24F4OSi. The summed E-state index contributed by atoms with van der Waals surface area (Å²) in [7, 11) is 1.24. The summed E-state index contributed by atoms with van der Waals surface area (Å²) in [6.45, 7) is 1.20. The van der Waals surface area contributed by atoms with Gasteiger partial charge in [0.1, 0.15) is 17.4 Å². The molecule has 0 atom stereocenters. The quantitative estimate of drug-likeness (QED) is 0.482. The Morgan fingerprint density at radius 2 is 1.56 bits per heavy atom. The topological polar surface area (TPSA) is 9.23 Å². The van der Waals surface area contributed by atoms with Crippen LogP contribution in [0.5, 0.6) is 5.75 Å². The van der Waals surface area contributed by atoms with E-state index in [-0.39, 0.29) is 11.3 Å². The molecule has 146 valence electrons. The van der Waals surface area contributed by atoms with Crippen LogP contribution in [0.1, 0.15) is 48.3 Å². The molecule has 27 heavy (non-hydrogen) atoms. The van der Waals surface area contributed by atoms with Gasteiger partial charge in [-0.05, 0) is 61.4 Å². The Labute approximate surface area is 160 Å². The normalized spacial score (nSPS) is 20.6. The fourth-order valence-corrected chi connectivity index (χ4v) is 4.55. The minimum Gasteiger partial charge on any atom is -0.429 e. The zero-order valence-corrected chi connectivity index (χ0v) is 17.6. The van der Waals surface area contributed by atoms with Crippen molar-refractivity contribution in [2.75, 3.05) is 0 Å². The second-order valence-electron chi connectivity index (χ2n) is 7.38. The molecule has 1 aliphatic carbocycles. The molecule has 3 rings (SSSR count). The van der Waals surface area contributed by atoms with Crippen LogP contribution in [0.4, 0.5) is 17.6 Å². The van der Waals surface area contributed by atoms with Crippen LogP contribution in [-0.2, 0) is 6.11 Å². The Balaban J connectivity index is 1.70. The van der Waals surface area contributed by atoms with Gasteiger partial charge >= 0.3 is 6.11 Å². The molecule has 1 saturated carbocycles. The molecule has 0 spiro atoms. The van der Waals surface area contributed by atoms with Gasteiger partial charge in [0, 0.05) is 15.8 Å². The van der Waals surface area contributed by atoms with Crippen molar-refractivity contribution in [1.82, 2.24) is 0 Å². The fourth-order valence-electron chi connectivity index (χ4n) is 3.73. The first kappa shape index (κ1) is 19.9. The summed E-state index contributed by atoms with van der Waals surface area (Å²) in [6, 6.07) is 9.20. The Morgan fingerprint density at radius 1 is 1.00 bits per heavy atom. The summed E-state index contributed by atoms with van der Waals surface area (Å²) in [5, 5.41) is 0. The van der Waals surface area contributed by atoms with Crippen molar-refractivity contribution in [3.8, 4) is 5.75 Å². The van der Waals surface area contributed by atoms with Crippen molar-refractivity contribution in [3.63, 3.8) is 0 Å². The van der Waals surface area contributed by atoms with Crippen molar-refractivity contribution in [2.45, 2.75) is 50.7 Å². The Bertz CT molecular complexity index is 760. The lowest BCUT2D eigenvalue weighted by atomic mass is 9.79. The third-order valence-corrected chi connectivity index (χ3v) is 6.79. The maximum atomic E-state index is 14.3. The van der Waals surface area contributed by atoms with Gasteiger partial charge in [0.15, 0.2) is 0 Å². The maximum Gasteiger partial charge on any atom is 0.426 e. The van der Waals surface area contributed by atoms with Crippen LogP contribution in [0.3, 0.4) is 0 Å². The molecule has 0 aromatic heterocycles. The van der Waals surface area contributed by atoms with Gasteiger partial charge in [-0.1, -0.05) is 31.0 Å². The number of rotatable bonds is 5. The third kappa shape index (κ3) is 4.54. The van der Waals surface area contributed by atoms with E-state index in [1.165, 1.54) is 48.2 Å². The van der Waals surface area contributed by atoms with Crippen molar-refractivity contribution in [2.24, 2.45) is 5.92 Å². The molecule has 0 aliphatic heterocycles. The zero-order chi connectivity index (χ0) is 19.6. The van der Waals surface area contributed by atoms with Gasteiger partial charge in [0.25, 0.3) is 0 Å². The second kappa shape index (κ2) is 8.05. The molecule has 1 aliphatic rings. The largest absolute Gasteiger partial charge is 0.429 e. The highest BCUT2D eigenvalue weighted by atomic mass is 28.1. The molecule has 0 N–H and O–H groups in total. The highest BCUT2D eigenvalue weighted by Gasteiger charge is 2.36. The van der Waals surface area contributed by atoms with Gasteiger partial charge < -0.3 is 4.74 Å². The van der Waals surface area contributed by atoms with Crippen LogP contribution in [0.25, 0.3) is 0 Å². The molecule has 2 aromatic rings. The van der Waals surface area contributed by atoms with Gasteiger partial charge in [0.2, 0.25) is 0 Å². The standard InChI is InChI=1S/C21H24F4OSi/c1-13-19(22)10-17(11-20(13)23)21(24,25)26-18-8-6-16(7-9-18)15-4-2-14(12-27)3-5-15/h6-11,14-15H,2-5,12H2,1,27H3. The molecule has 2 aromatic carbocycles. The predicted octanol–water partition coefficient (Wildman–Crippen LogP) is 5.46. The lowest BCUT2D eigenvalue weighted by Crippen LogP contribution is -2.22. The number of hydrogen-bond donors (Lipinski definition) is 0. The van der Waals surface area contributed by atoms with E-state index in [0.717, 1.165) is 24.3 Å². The van der Waals surface area contributed by atoms with Crippen LogP contribution >= 0.6 is 0 Å². The fraction of sp³-hybridized carbons (Fsp3) is 0.429. The molecule has 6 heteroatoms. The summed E-state index contributed by atoms with van der Waals surface area (Å²) in [4.78, 5) is 0. The van der Waals surface area contributed by atoms with Crippen LogP contribution in [0, 0.1) is 24.5 Å². The number of alkyl halides is 2. The molecule has 0 saturated heterocycles. The number of halogens is 4. The molecule has 0 unspecified atom stereocenters. The van der Waals surface area contributed by atoms with Crippen LogP contribution in [0.15, 0.2) is 36.4 Å². The van der Waals surface area contributed by atoms with E-state index >= 15 is 0 Å². The molecule has 0 heterocycles. The average molecular weight is 397 g/mol. The predicted molar refractivity (Wildman–Crippen MR) is 102 cm³/mol. The summed E-state index contributed by atoms with van der Waals surface area (Å²) < 4.78 is 60.6. The van der Waals surface area contributed by atoms with Crippen LogP contribution in [-0.4, -0.2) is 10.2 Å². The van der Waals surface area contributed by atoms with Crippen molar-refractivity contribution < 1.29 is 22.3 Å². The number of ether oxygens (including phenoxy) is 1. The van der Waals surface area contributed by atoms with Gasteiger partial charge in [-0.15, -0.1) is 0 Å². The van der Waals surface area contributed by atoms with E-state index in [4.69, 9.17) is 4.74 Å². The summed E-state index contributed by atoms with van der Waals surface area (Å²) in [5.41, 5.74) is -0.00227. The minimum absolute atomic E-state index is 0.0293. The number of benzene rings is 2. The Kier molecular flexibility index (Phi) is 5.94. The summed E-state index contributed by atoms with van der Waals surface area (Å²) in [5.74, 6) is -0.754. The van der Waals surface area contributed by atoms with Gasteiger partial charge in [-0.25, -0.2) is 8.78 Å². The average Bonchev–Trinajstić information content (AvgIpc) is 2.66. The summed E-state index contributed by atoms with van der Waals surface area (Å²) >= 11 is 0. The van der Waals surface area contributed by atoms with Crippen LogP contribution < -0.4 is 4.74 Å². The first-order chi connectivity index (χ1) is 12.8. The monoisotopic (exact) mass is 396 g/mol. The van der Waals surface area contributed by atoms with Gasteiger partial charge in [-0.3, -0.25) is 0 Å². The van der Waals surface area contributed by atoms with E-state index in [1.54, 1.807) is 0 Å². The van der Waals surface area contributed by atoms with E-state index in [1.807, 2.05) is 12.1 Å². The molecule has 1 fully saturated rings. The third-order valence-electron chi connectivity index (χ3n) is 5.64. The van der Waals surface area contributed by atoms with E-state index in [2.05, 4.69) is 0 Å². The highest BCUT2D eigenvalue weighted by molar-refractivity contribution is 6.08. The SMILES string of the molecule is Cc1c(F)cc(C(F)(F)Oc2ccc(C3CCC(C[SiH3])CC3)cc2)cc1F. The number of hydrogen-bond acceptors (Lipinski definition) is 1. The highest BCUT2D eigenvalue weighted by Crippen LogP contribution is 2.38. The molecular weight excluding hydrogens is 372 g/mol. The first-order valence-corrected chi connectivity index (χ1v) is 10.8. The molecule has 0 radical (unpaired) electrons. The van der Waals surface area contributed by atoms with E-state index in [0.29, 0.717) is 18.1 Å². The molecule has 0 bridgehead atoms.